The van der Waals surface area contributed by atoms with Crippen LogP contribution in [0.3, 0.4) is 0 Å². The van der Waals surface area contributed by atoms with Crippen molar-refractivity contribution in [2.45, 2.75) is 19.3 Å². The number of phosphoric acid groups is 1. The van der Waals surface area contributed by atoms with Gasteiger partial charge in [-0.3, -0.25) is 28.8 Å². The molecule has 0 saturated heterocycles. The molecule has 0 aromatic heterocycles. The van der Waals surface area contributed by atoms with Crippen LogP contribution in [0.4, 0.5) is 0 Å². The number of hydrogen-bond donors (Lipinski definition) is 3. The third kappa shape index (κ3) is 11.2. The Morgan fingerprint density at radius 2 is 0.833 bits per heavy atom. The van der Waals surface area contributed by atoms with E-state index < -0.39 is 62.9 Å². The molecule has 24 heavy (non-hydrogen) atoms. The molecule has 130 valence electrons. The Morgan fingerprint density at radius 1 is 0.625 bits per heavy atom. The van der Waals surface area contributed by atoms with E-state index in [-0.39, 0.29) is 18.9 Å². The van der Waals surface area contributed by atoms with Crippen molar-refractivity contribution in [3.8, 4) is 0 Å². The average Bonchev–Trinajstić information content (AvgIpc) is 2.22. The van der Waals surface area contributed by atoms with E-state index in [1.807, 2.05) is 0 Å². The van der Waals surface area contributed by atoms with Crippen LogP contribution in [-0.2, 0) is 46.9 Å². The number of aliphatic carboxylic acids is 3. The van der Waals surface area contributed by atoms with Gasteiger partial charge in [0.2, 0.25) is 0 Å². The first-order chi connectivity index (χ1) is 10.4. The number of phosphoric ester groups is 1. The SMILES string of the molecule is O=C(O)CC(=O)OP(=O)(OC(=O)CC(=O)O)OC(=O)CC(=O)O.[LiH]. The van der Waals surface area contributed by atoms with Gasteiger partial charge < -0.3 is 28.9 Å². The normalized spacial score (nSPS) is 9.83. The summed E-state index contributed by atoms with van der Waals surface area (Å²) in [6.45, 7) is 0. The van der Waals surface area contributed by atoms with Crippen molar-refractivity contribution in [2.75, 3.05) is 0 Å². The minimum absolute atomic E-state index is 0. The van der Waals surface area contributed by atoms with Gasteiger partial charge in [-0.05, 0) is 0 Å². The summed E-state index contributed by atoms with van der Waals surface area (Å²) >= 11 is 0. The van der Waals surface area contributed by atoms with Crippen LogP contribution in [0.15, 0.2) is 0 Å². The van der Waals surface area contributed by atoms with E-state index in [0.29, 0.717) is 0 Å². The molecule has 0 atom stereocenters. The van der Waals surface area contributed by atoms with Crippen LogP contribution in [0.1, 0.15) is 19.3 Å². The van der Waals surface area contributed by atoms with Crippen molar-refractivity contribution in [3.63, 3.8) is 0 Å². The van der Waals surface area contributed by atoms with E-state index >= 15 is 0 Å². The van der Waals surface area contributed by atoms with Crippen LogP contribution in [0.5, 0.6) is 0 Å². The molecule has 13 nitrogen and oxygen atoms in total. The van der Waals surface area contributed by atoms with E-state index in [2.05, 4.69) is 13.6 Å². The molecule has 0 heterocycles. The summed E-state index contributed by atoms with van der Waals surface area (Å²) < 4.78 is 23.6. The zero-order valence-electron chi connectivity index (χ0n) is 11.0. The molecule has 15 heteroatoms. The summed E-state index contributed by atoms with van der Waals surface area (Å²) in [6.07, 6.45) is -4.05. The molecule has 0 unspecified atom stereocenters. The Balaban J connectivity index is 0. The summed E-state index contributed by atoms with van der Waals surface area (Å²) in [5.74, 6) is -10.4. The number of rotatable bonds is 9. The standard InChI is InChI=1S/C9H9O13P.Li.H/c10-4(11)1-7(16)20-23(19,21-8(17)2-5(12)13)22-9(18)3-6(14)15;;/h1-3H2,(H,10,11)(H,12,13)(H,14,15);;. The molecule has 0 rings (SSSR count). The molecule has 0 amide bonds. The van der Waals surface area contributed by atoms with E-state index in [9.17, 15) is 33.3 Å². The average molecular weight is 364 g/mol. The van der Waals surface area contributed by atoms with Gasteiger partial charge in [0.15, 0.2) is 0 Å². The van der Waals surface area contributed by atoms with Gasteiger partial charge >= 0.3 is 62.5 Å². The maximum absolute atomic E-state index is 11.9. The van der Waals surface area contributed by atoms with Crippen LogP contribution in [-0.4, -0.2) is 70.0 Å². The van der Waals surface area contributed by atoms with Gasteiger partial charge in [0.1, 0.15) is 19.3 Å². The van der Waals surface area contributed by atoms with Gasteiger partial charge in [-0.1, -0.05) is 0 Å². The first kappa shape index (κ1) is 23.9. The first-order valence-corrected chi connectivity index (χ1v) is 6.82. The van der Waals surface area contributed by atoms with Crippen molar-refractivity contribution in [1.82, 2.24) is 0 Å². The molecule has 0 radical (unpaired) electrons. The second-order valence-corrected chi connectivity index (χ2v) is 4.99. The number of carboxylic acid groups (broad SMARTS) is 3. The number of carbonyl (C=O) groups is 6. The fourth-order valence-electron chi connectivity index (χ4n) is 0.897. The van der Waals surface area contributed by atoms with Crippen LogP contribution in [0.25, 0.3) is 0 Å². The molecule has 3 N–H and O–H groups in total. The fourth-order valence-corrected chi connectivity index (χ4v) is 1.95. The topological polar surface area (TPSA) is 208 Å². The summed E-state index contributed by atoms with van der Waals surface area (Å²) in [5.41, 5.74) is 0. The van der Waals surface area contributed by atoms with Crippen molar-refractivity contribution >= 4 is 62.5 Å². The zero-order valence-corrected chi connectivity index (χ0v) is 11.9. The summed E-state index contributed by atoms with van der Waals surface area (Å²) in [4.78, 5) is 64.1. The molecule has 0 aromatic rings. The minimum atomic E-state index is -5.40. The van der Waals surface area contributed by atoms with Crippen LogP contribution >= 0.6 is 7.82 Å². The Kier molecular flexibility index (Phi) is 10.4. The summed E-state index contributed by atoms with van der Waals surface area (Å²) in [5, 5.41) is 25.0. The molecule has 0 fully saturated rings. The molecule has 0 aromatic carbocycles. The summed E-state index contributed by atoms with van der Waals surface area (Å²) in [7, 11) is -5.40. The predicted octanol–water partition coefficient (Wildman–Crippen LogP) is -1.50. The summed E-state index contributed by atoms with van der Waals surface area (Å²) in [6, 6.07) is 0. The molecule has 0 aliphatic rings. The molecular weight excluding hydrogens is 354 g/mol. The third-order valence-electron chi connectivity index (χ3n) is 1.53. The quantitative estimate of drug-likeness (QED) is 0.242. The second kappa shape index (κ2) is 10.4. The van der Waals surface area contributed by atoms with Gasteiger partial charge in [-0.25, -0.2) is 0 Å². The fraction of sp³-hybridized carbons (Fsp3) is 0.333. The molecule has 0 aliphatic carbocycles. The van der Waals surface area contributed by atoms with Crippen molar-refractivity contribution in [3.05, 3.63) is 0 Å². The van der Waals surface area contributed by atoms with E-state index in [1.165, 1.54) is 0 Å². The monoisotopic (exact) mass is 364 g/mol. The van der Waals surface area contributed by atoms with Crippen molar-refractivity contribution < 1.29 is 62.2 Å². The predicted molar refractivity (Wildman–Crippen MR) is 69.8 cm³/mol. The molecule has 0 bridgehead atoms. The molecular formula is C9H10LiO13P. The molecule has 0 saturated carbocycles. The zero-order chi connectivity index (χ0) is 18.2. The van der Waals surface area contributed by atoms with Gasteiger partial charge in [0.25, 0.3) is 0 Å². The van der Waals surface area contributed by atoms with Crippen LogP contribution in [0, 0.1) is 0 Å². The Labute approximate surface area is 144 Å². The molecule has 0 spiro atoms. The van der Waals surface area contributed by atoms with Crippen molar-refractivity contribution in [2.24, 2.45) is 0 Å². The number of carboxylic acids is 3. The Bertz CT molecular complexity index is 515. The van der Waals surface area contributed by atoms with E-state index in [0.717, 1.165) is 0 Å². The van der Waals surface area contributed by atoms with Gasteiger partial charge in [-0.15, -0.1) is 0 Å². The van der Waals surface area contributed by atoms with Gasteiger partial charge in [-0.2, -0.15) is 4.57 Å². The van der Waals surface area contributed by atoms with Gasteiger partial charge in [0, 0.05) is 0 Å². The Hall–Kier alpha value is -2.35. The Morgan fingerprint density at radius 3 is 1.00 bits per heavy atom. The maximum atomic E-state index is 11.9. The first-order valence-electron chi connectivity index (χ1n) is 5.36. The third-order valence-corrected chi connectivity index (χ3v) is 2.81. The van der Waals surface area contributed by atoms with Crippen LogP contribution < -0.4 is 0 Å². The number of hydrogen-bond acceptors (Lipinski definition) is 10. The van der Waals surface area contributed by atoms with E-state index in [4.69, 9.17) is 15.3 Å². The second-order valence-electron chi connectivity index (χ2n) is 3.55. The molecule has 0 aliphatic heterocycles. The van der Waals surface area contributed by atoms with Gasteiger partial charge in [0.05, 0.1) is 0 Å². The van der Waals surface area contributed by atoms with Crippen LogP contribution in [0.2, 0.25) is 0 Å². The van der Waals surface area contributed by atoms with Crippen molar-refractivity contribution in [1.29, 1.82) is 0 Å². The van der Waals surface area contributed by atoms with E-state index in [1.54, 1.807) is 0 Å². The number of carbonyl (C=O) groups excluding carboxylic acids is 3.